The van der Waals surface area contributed by atoms with Crippen LogP contribution < -0.4 is 19.7 Å². The van der Waals surface area contributed by atoms with Crippen molar-refractivity contribution in [1.29, 1.82) is 0 Å². The number of aromatic hydroxyl groups is 1. The summed E-state index contributed by atoms with van der Waals surface area (Å²) in [6, 6.07) is 6.20. The third kappa shape index (κ3) is 4.67. The highest BCUT2D eigenvalue weighted by Crippen LogP contribution is 2.35. The van der Waals surface area contributed by atoms with E-state index in [1.165, 1.54) is 7.05 Å². The smallest absolute Gasteiger partial charge is 0.327 e. The number of rotatable bonds is 7. The fraction of sp³-hybridized carbons (Fsp3) is 0.375. The normalized spacial score (nSPS) is 14.0. The van der Waals surface area contributed by atoms with Crippen LogP contribution in [0.4, 0.5) is 15.6 Å². The second kappa shape index (κ2) is 7.71. The Bertz CT molecular complexity index is 923. The van der Waals surface area contributed by atoms with E-state index >= 15 is 0 Å². The van der Waals surface area contributed by atoms with E-state index in [9.17, 15) is 18.3 Å². The number of benzene rings is 1. The first-order valence-corrected chi connectivity index (χ1v) is 10.6. The molecule has 146 valence electrons. The summed E-state index contributed by atoms with van der Waals surface area (Å²) in [5.41, 5.74) is 0.541. The Morgan fingerprint density at radius 2 is 2.04 bits per heavy atom. The molecule has 9 nitrogen and oxygen atoms in total. The zero-order chi connectivity index (χ0) is 19.6. The van der Waals surface area contributed by atoms with Crippen molar-refractivity contribution in [2.45, 2.75) is 30.0 Å². The van der Waals surface area contributed by atoms with Crippen LogP contribution in [0.1, 0.15) is 19.8 Å². The Balaban J connectivity index is 1.70. The molecule has 1 aliphatic rings. The first-order valence-electron chi connectivity index (χ1n) is 8.30. The molecule has 1 aromatic carbocycles. The Morgan fingerprint density at radius 1 is 1.37 bits per heavy atom. The van der Waals surface area contributed by atoms with Crippen molar-refractivity contribution in [3.8, 4) is 11.6 Å². The molecule has 11 heteroatoms. The molecule has 1 aromatic heterocycles. The van der Waals surface area contributed by atoms with Gasteiger partial charge in [0.2, 0.25) is 5.88 Å². The number of nitrogens with one attached hydrogen (secondary N) is 2. The second-order valence-corrected chi connectivity index (χ2v) is 8.84. The summed E-state index contributed by atoms with van der Waals surface area (Å²) in [7, 11) is -2.41. The lowest BCUT2D eigenvalue weighted by atomic mass is 10.3. The molecule has 0 aliphatic heterocycles. The minimum Gasteiger partial charge on any atom is -0.494 e. The van der Waals surface area contributed by atoms with E-state index < -0.39 is 21.9 Å². The average molecular weight is 412 g/mol. The highest BCUT2D eigenvalue weighted by molar-refractivity contribution is 7.91. The van der Waals surface area contributed by atoms with Gasteiger partial charge in [0.1, 0.15) is 5.75 Å². The molecule has 1 saturated carbocycles. The fourth-order valence-electron chi connectivity index (χ4n) is 2.18. The van der Waals surface area contributed by atoms with Gasteiger partial charge in [0.15, 0.2) is 9.34 Å². The maximum Gasteiger partial charge on any atom is 0.327 e. The molecule has 0 unspecified atom stereocenters. The van der Waals surface area contributed by atoms with Crippen molar-refractivity contribution in [3.63, 3.8) is 0 Å². The van der Waals surface area contributed by atoms with Crippen LogP contribution in [0.2, 0.25) is 0 Å². The number of anilines is 2. The summed E-state index contributed by atoms with van der Waals surface area (Å²) in [5, 5.41) is 12.6. The summed E-state index contributed by atoms with van der Waals surface area (Å²) in [5.74, 6) is 0.0653. The van der Waals surface area contributed by atoms with Crippen molar-refractivity contribution in [2.24, 2.45) is 0 Å². The van der Waals surface area contributed by atoms with Crippen molar-refractivity contribution in [1.82, 2.24) is 9.71 Å². The molecule has 1 aliphatic carbocycles. The number of urea groups is 1. The summed E-state index contributed by atoms with van der Waals surface area (Å²) >= 11 is 0.726. The third-order valence-corrected chi connectivity index (χ3v) is 6.86. The van der Waals surface area contributed by atoms with Crippen LogP contribution in [-0.4, -0.2) is 44.2 Å². The minimum atomic E-state index is -3.85. The van der Waals surface area contributed by atoms with E-state index in [2.05, 4.69) is 15.0 Å². The van der Waals surface area contributed by atoms with E-state index in [1.54, 1.807) is 24.3 Å². The molecule has 1 heterocycles. The maximum absolute atomic E-state index is 12.4. The molecule has 2 amide bonds. The van der Waals surface area contributed by atoms with E-state index in [0.29, 0.717) is 18.0 Å². The highest BCUT2D eigenvalue weighted by Gasteiger charge is 2.32. The molecule has 3 N–H and O–H groups in total. The Hall–Kier alpha value is -2.37. The fourth-order valence-corrected chi connectivity index (χ4v) is 4.70. The van der Waals surface area contributed by atoms with Crippen molar-refractivity contribution < 1.29 is 23.1 Å². The predicted octanol–water partition coefficient (Wildman–Crippen LogP) is 2.36. The molecule has 0 bridgehead atoms. The van der Waals surface area contributed by atoms with Gasteiger partial charge in [-0.3, -0.25) is 4.90 Å². The van der Waals surface area contributed by atoms with Gasteiger partial charge in [-0.2, -0.15) is 4.98 Å². The number of carbonyl (C=O) groups is 1. The lowest BCUT2D eigenvalue weighted by molar-refractivity contribution is 0.258. The van der Waals surface area contributed by atoms with Gasteiger partial charge in [0.05, 0.1) is 6.61 Å². The quantitative estimate of drug-likeness (QED) is 0.642. The van der Waals surface area contributed by atoms with E-state index in [1.807, 2.05) is 6.92 Å². The highest BCUT2D eigenvalue weighted by atomic mass is 32.2. The van der Waals surface area contributed by atoms with Crippen LogP contribution in [0.15, 0.2) is 28.5 Å². The van der Waals surface area contributed by atoms with Gasteiger partial charge in [-0.1, -0.05) is 11.3 Å². The van der Waals surface area contributed by atoms with Gasteiger partial charge in [-0.05, 0) is 44.0 Å². The van der Waals surface area contributed by atoms with Gasteiger partial charge in [-0.25, -0.2) is 17.9 Å². The van der Waals surface area contributed by atoms with Gasteiger partial charge >= 0.3 is 6.03 Å². The van der Waals surface area contributed by atoms with E-state index in [0.717, 1.165) is 29.1 Å². The average Bonchev–Trinajstić information content (AvgIpc) is 3.33. The predicted molar refractivity (Wildman–Crippen MR) is 102 cm³/mol. The van der Waals surface area contributed by atoms with Crippen molar-refractivity contribution in [3.05, 3.63) is 24.3 Å². The summed E-state index contributed by atoms with van der Waals surface area (Å²) in [6.45, 7) is 2.42. The molecule has 1 fully saturated rings. The number of ether oxygens (including phenoxy) is 1. The largest absolute Gasteiger partial charge is 0.494 e. The first kappa shape index (κ1) is 19.4. The molecular weight excluding hydrogens is 392 g/mol. The van der Waals surface area contributed by atoms with Crippen LogP contribution in [0, 0.1) is 0 Å². The number of amides is 2. The molecule has 0 radical (unpaired) electrons. The number of nitrogens with zero attached hydrogens (tertiary/aromatic N) is 2. The minimum absolute atomic E-state index is 0.0621. The maximum atomic E-state index is 12.4. The van der Waals surface area contributed by atoms with Gasteiger partial charge in [-0.15, -0.1) is 0 Å². The number of carbonyl (C=O) groups excluding carboxylic acids is 1. The van der Waals surface area contributed by atoms with Crippen molar-refractivity contribution in [2.75, 3.05) is 23.9 Å². The monoisotopic (exact) mass is 412 g/mol. The van der Waals surface area contributed by atoms with Crippen LogP contribution in [-0.2, 0) is 10.0 Å². The van der Waals surface area contributed by atoms with Crippen LogP contribution in [0.5, 0.6) is 11.6 Å². The van der Waals surface area contributed by atoms with Gasteiger partial charge < -0.3 is 15.2 Å². The first-order chi connectivity index (χ1) is 12.8. The second-order valence-electron chi connectivity index (χ2n) is 5.95. The number of hydrogen-bond acceptors (Lipinski definition) is 7. The SMILES string of the molecule is CCOc1ccc(NC(=O)N(C)c2nc(O)c(S(=O)(=O)NC3CC3)s2)cc1. The Kier molecular flexibility index (Phi) is 5.53. The van der Waals surface area contributed by atoms with Crippen LogP contribution in [0.3, 0.4) is 0 Å². The lowest BCUT2D eigenvalue weighted by Crippen LogP contribution is -2.31. The van der Waals surface area contributed by atoms with Gasteiger partial charge in [0, 0.05) is 18.8 Å². The molecule has 0 saturated heterocycles. The molecule has 3 rings (SSSR count). The number of aromatic nitrogens is 1. The molecular formula is C16H20N4O5S2. The zero-order valence-electron chi connectivity index (χ0n) is 14.8. The topological polar surface area (TPSA) is 121 Å². The molecule has 2 aromatic rings. The molecule has 0 atom stereocenters. The third-order valence-electron chi connectivity index (χ3n) is 3.72. The zero-order valence-corrected chi connectivity index (χ0v) is 16.4. The van der Waals surface area contributed by atoms with Gasteiger partial charge in [0.25, 0.3) is 10.0 Å². The standard InChI is InChI=1S/C16H20N4O5S2/c1-3-25-12-8-6-10(7-9-12)17-15(22)20(2)16-18-13(21)14(26-16)27(23,24)19-11-4-5-11/h6-9,11,19,21H,3-5H2,1-2H3,(H,17,22). The van der Waals surface area contributed by atoms with E-state index in [4.69, 9.17) is 4.74 Å². The van der Waals surface area contributed by atoms with Crippen LogP contribution >= 0.6 is 11.3 Å². The van der Waals surface area contributed by atoms with Crippen LogP contribution in [0.25, 0.3) is 0 Å². The lowest BCUT2D eigenvalue weighted by Gasteiger charge is -2.15. The summed E-state index contributed by atoms with van der Waals surface area (Å²) in [6.07, 6.45) is 1.55. The summed E-state index contributed by atoms with van der Waals surface area (Å²) in [4.78, 5) is 17.3. The number of sulfonamides is 1. The summed E-state index contributed by atoms with van der Waals surface area (Å²) < 4.78 is 32.0. The van der Waals surface area contributed by atoms with E-state index in [-0.39, 0.29) is 15.4 Å². The molecule has 0 spiro atoms. The number of thiazole rings is 1. The van der Waals surface area contributed by atoms with Crippen molar-refractivity contribution >= 4 is 38.2 Å². The number of hydrogen-bond donors (Lipinski definition) is 3. The Morgan fingerprint density at radius 3 is 2.63 bits per heavy atom. The Labute approximate surface area is 161 Å². The molecule has 27 heavy (non-hydrogen) atoms.